The maximum atomic E-state index is 11.6. The molecule has 0 aromatic carbocycles. The molecule has 0 spiro atoms. The van der Waals surface area contributed by atoms with E-state index >= 15 is 0 Å². The Balaban J connectivity index is 2.86. The number of hydrogen-bond donors (Lipinski definition) is 2. The SMILES string of the molecule is CCCCC(=O)N/N=C(\C)c1c(O)cc(C)oc1=O. The molecular weight excluding hydrogens is 248 g/mol. The lowest BCUT2D eigenvalue weighted by atomic mass is 10.2. The Hall–Kier alpha value is -2.11. The van der Waals surface area contributed by atoms with Crippen LogP contribution in [-0.4, -0.2) is 16.7 Å². The van der Waals surface area contributed by atoms with Gasteiger partial charge < -0.3 is 9.52 Å². The predicted octanol–water partition coefficient (Wildman–Crippen LogP) is 1.68. The number of carbonyl (C=O) groups is 1. The van der Waals surface area contributed by atoms with Crippen LogP contribution in [0.25, 0.3) is 0 Å². The van der Waals surface area contributed by atoms with E-state index in [1.165, 1.54) is 13.0 Å². The van der Waals surface area contributed by atoms with Crippen molar-refractivity contribution < 1.29 is 14.3 Å². The number of hydrogen-bond acceptors (Lipinski definition) is 5. The van der Waals surface area contributed by atoms with E-state index in [1.54, 1.807) is 6.92 Å². The molecule has 0 bridgehead atoms. The van der Waals surface area contributed by atoms with Gasteiger partial charge in [-0.3, -0.25) is 4.79 Å². The fourth-order valence-electron chi connectivity index (χ4n) is 1.52. The Morgan fingerprint density at radius 2 is 2.21 bits per heavy atom. The molecule has 0 radical (unpaired) electrons. The minimum atomic E-state index is -0.679. The molecule has 0 fully saturated rings. The molecule has 0 aliphatic rings. The average Bonchev–Trinajstić information content (AvgIpc) is 2.32. The number of aryl methyl sites for hydroxylation is 1. The van der Waals surface area contributed by atoms with E-state index in [0.29, 0.717) is 12.2 Å². The molecule has 19 heavy (non-hydrogen) atoms. The normalized spacial score (nSPS) is 11.4. The lowest BCUT2D eigenvalue weighted by Gasteiger charge is -2.04. The molecule has 0 unspecified atom stereocenters. The summed E-state index contributed by atoms with van der Waals surface area (Å²) in [7, 11) is 0. The van der Waals surface area contributed by atoms with Gasteiger partial charge in [0.05, 0.1) is 5.71 Å². The summed E-state index contributed by atoms with van der Waals surface area (Å²) in [5.41, 5.74) is 1.83. The second-order valence-electron chi connectivity index (χ2n) is 4.24. The van der Waals surface area contributed by atoms with Gasteiger partial charge >= 0.3 is 5.63 Å². The summed E-state index contributed by atoms with van der Waals surface area (Å²) in [5, 5.41) is 13.5. The zero-order valence-corrected chi connectivity index (χ0v) is 11.3. The van der Waals surface area contributed by atoms with Gasteiger partial charge in [0, 0.05) is 12.5 Å². The van der Waals surface area contributed by atoms with Gasteiger partial charge in [0.1, 0.15) is 17.1 Å². The zero-order valence-electron chi connectivity index (χ0n) is 11.3. The molecule has 104 valence electrons. The summed E-state index contributed by atoms with van der Waals surface area (Å²) in [6, 6.07) is 1.33. The van der Waals surface area contributed by atoms with Crippen LogP contribution in [-0.2, 0) is 4.79 Å². The number of hydrazone groups is 1. The molecular formula is C13H18N2O4. The quantitative estimate of drug-likeness (QED) is 0.626. The van der Waals surface area contributed by atoms with Gasteiger partial charge in [0.2, 0.25) is 5.91 Å². The first-order chi connectivity index (χ1) is 8.95. The molecule has 0 saturated heterocycles. The zero-order chi connectivity index (χ0) is 14.4. The molecule has 0 aliphatic carbocycles. The van der Waals surface area contributed by atoms with Crippen LogP contribution in [0.15, 0.2) is 20.4 Å². The summed E-state index contributed by atoms with van der Waals surface area (Å²) < 4.78 is 4.87. The summed E-state index contributed by atoms with van der Waals surface area (Å²) in [6.07, 6.45) is 2.07. The second-order valence-corrected chi connectivity index (χ2v) is 4.24. The maximum absolute atomic E-state index is 11.6. The first kappa shape index (κ1) is 14.9. The first-order valence-electron chi connectivity index (χ1n) is 6.13. The third-order valence-electron chi connectivity index (χ3n) is 2.52. The van der Waals surface area contributed by atoms with E-state index in [4.69, 9.17) is 4.42 Å². The third kappa shape index (κ3) is 4.24. The van der Waals surface area contributed by atoms with Crippen molar-refractivity contribution in [3.8, 4) is 5.75 Å². The van der Waals surface area contributed by atoms with Crippen molar-refractivity contribution in [1.29, 1.82) is 0 Å². The molecule has 0 atom stereocenters. The summed E-state index contributed by atoms with van der Waals surface area (Å²) in [4.78, 5) is 23.0. The molecule has 6 nitrogen and oxygen atoms in total. The number of carbonyl (C=O) groups excluding carboxylic acids is 1. The summed E-state index contributed by atoms with van der Waals surface area (Å²) >= 11 is 0. The van der Waals surface area contributed by atoms with Crippen LogP contribution in [0.1, 0.15) is 44.4 Å². The number of nitrogens with zero attached hydrogens (tertiary/aromatic N) is 1. The van der Waals surface area contributed by atoms with Crippen LogP contribution < -0.4 is 11.1 Å². The molecule has 0 aliphatic heterocycles. The second kappa shape index (κ2) is 6.72. The number of rotatable bonds is 5. The van der Waals surface area contributed by atoms with Gasteiger partial charge in [-0.25, -0.2) is 10.2 Å². The fourth-order valence-corrected chi connectivity index (χ4v) is 1.52. The first-order valence-corrected chi connectivity index (χ1v) is 6.13. The summed E-state index contributed by atoms with van der Waals surface area (Å²) in [6.45, 7) is 5.06. The van der Waals surface area contributed by atoms with Gasteiger partial charge in [0.25, 0.3) is 0 Å². The Morgan fingerprint density at radius 1 is 1.53 bits per heavy atom. The largest absolute Gasteiger partial charge is 0.507 e. The van der Waals surface area contributed by atoms with Crippen molar-refractivity contribution in [2.24, 2.45) is 5.10 Å². The van der Waals surface area contributed by atoms with Crippen LogP contribution in [0.2, 0.25) is 0 Å². The molecule has 1 heterocycles. The summed E-state index contributed by atoms with van der Waals surface area (Å²) in [5.74, 6) is -0.124. The highest BCUT2D eigenvalue weighted by molar-refractivity contribution is 6.01. The van der Waals surface area contributed by atoms with Crippen molar-refractivity contribution >= 4 is 11.6 Å². The third-order valence-corrected chi connectivity index (χ3v) is 2.52. The smallest absolute Gasteiger partial charge is 0.348 e. The maximum Gasteiger partial charge on any atom is 0.348 e. The van der Waals surface area contributed by atoms with E-state index in [1.807, 2.05) is 6.92 Å². The van der Waals surface area contributed by atoms with E-state index in [9.17, 15) is 14.7 Å². The Bertz CT molecular complexity index is 546. The number of amides is 1. The van der Waals surface area contributed by atoms with Gasteiger partial charge in [-0.2, -0.15) is 5.10 Å². The molecule has 6 heteroatoms. The van der Waals surface area contributed by atoms with Gasteiger partial charge in [-0.15, -0.1) is 0 Å². The van der Waals surface area contributed by atoms with Crippen molar-refractivity contribution in [3.63, 3.8) is 0 Å². The van der Waals surface area contributed by atoms with Crippen molar-refractivity contribution in [2.45, 2.75) is 40.0 Å². The number of unbranched alkanes of at least 4 members (excludes halogenated alkanes) is 1. The van der Waals surface area contributed by atoms with Crippen LogP contribution in [0.4, 0.5) is 0 Å². The molecule has 1 amide bonds. The van der Waals surface area contributed by atoms with Crippen molar-refractivity contribution in [2.75, 3.05) is 0 Å². The standard InChI is InChI=1S/C13H18N2O4/c1-4-5-6-11(17)15-14-9(3)12-10(16)7-8(2)19-13(12)18/h7,16H,4-6H2,1-3H3,(H,15,17)/b14-9+. The van der Waals surface area contributed by atoms with Gasteiger partial charge in [-0.05, 0) is 20.3 Å². The average molecular weight is 266 g/mol. The van der Waals surface area contributed by atoms with Crippen LogP contribution in [0, 0.1) is 6.92 Å². The highest BCUT2D eigenvalue weighted by atomic mass is 16.4. The van der Waals surface area contributed by atoms with Crippen molar-refractivity contribution in [3.05, 3.63) is 27.8 Å². The topological polar surface area (TPSA) is 91.9 Å². The van der Waals surface area contributed by atoms with E-state index in [0.717, 1.165) is 12.8 Å². The lowest BCUT2D eigenvalue weighted by molar-refractivity contribution is -0.121. The van der Waals surface area contributed by atoms with Crippen LogP contribution in [0.3, 0.4) is 0 Å². The Kier molecular flexibility index (Phi) is 5.29. The van der Waals surface area contributed by atoms with Crippen LogP contribution in [0.5, 0.6) is 5.75 Å². The predicted molar refractivity (Wildman–Crippen MR) is 71.3 cm³/mol. The fraction of sp³-hybridized carbons (Fsp3) is 0.462. The highest BCUT2D eigenvalue weighted by Gasteiger charge is 2.13. The van der Waals surface area contributed by atoms with Crippen molar-refractivity contribution in [1.82, 2.24) is 5.43 Å². The lowest BCUT2D eigenvalue weighted by Crippen LogP contribution is -2.21. The van der Waals surface area contributed by atoms with Gasteiger partial charge in [-0.1, -0.05) is 13.3 Å². The van der Waals surface area contributed by atoms with E-state index in [2.05, 4.69) is 10.5 Å². The Labute approximate surface area is 111 Å². The number of nitrogens with one attached hydrogen (secondary N) is 1. The minimum absolute atomic E-state index is 0.0404. The minimum Gasteiger partial charge on any atom is -0.507 e. The molecule has 2 N–H and O–H groups in total. The molecule has 1 aromatic heterocycles. The molecule has 1 rings (SSSR count). The van der Waals surface area contributed by atoms with Gasteiger partial charge in [0.15, 0.2) is 0 Å². The molecule has 0 saturated carbocycles. The van der Waals surface area contributed by atoms with E-state index in [-0.39, 0.29) is 22.9 Å². The van der Waals surface area contributed by atoms with Crippen LogP contribution >= 0.6 is 0 Å². The number of aromatic hydroxyl groups is 1. The Morgan fingerprint density at radius 3 is 2.79 bits per heavy atom. The highest BCUT2D eigenvalue weighted by Crippen LogP contribution is 2.15. The monoisotopic (exact) mass is 266 g/mol. The molecule has 1 aromatic rings. The van der Waals surface area contributed by atoms with E-state index < -0.39 is 5.63 Å².